The van der Waals surface area contributed by atoms with E-state index in [1.54, 1.807) is 0 Å². The van der Waals surface area contributed by atoms with Crippen molar-refractivity contribution in [2.24, 2.45) is 0 Å². The van der Waals surface area contributed by atoms with Crippen molar-refractivity contribution in [3.63, 3.8) is 0 Å². The van der Waals surface area contributed by atoms with Gasteiger partial charge in [-0.1, -0.05) is 19.8 Å². The van der Waals surface area contributed by atoms with Crippen LogP contribution in [0.4, 0.5) is 0 Å². The van der Waals surface area contributed by atoms with Crippen molar-refractivity contribution in [1.29, 1.82) is 5.26 Å². The molecule has 1 N–H and O–H groups in total. The minimum atomic E-state index is -0.491. The first-order valence-corrected chi connectivity index (χ1v) is 2.92. The molecule has 0 rings (SSSR count). The van der Waals surface area contributed by atoms with E-state index >= 15 is 0 Å². The highest BCUT2D eigenvalue weighted by atomic mass is 14.6. The first-order valence-electron chi connectivity index (χ1n) is 2.92. The quantitative estimate of drug-likeness (QED) is 0.542. The molecule has 2 nitrogen and oxygen atoms in total. The Balaban J connectivity index is 3.02. The molecule has 1 unspecified atom stereocenters. The largest absolute Gasteiger partial charge is 0.239 e. The summed E-state index contributed by atoms with van der Waals surface area (Å²) in [6, 6.07) is 1.38. The molecule has 0 aliphatic heterocycles. The van der Waals surface area contributed by atoms with E-state index in [-0.39, 0.29) is 0 Å². The van der Waals surface area contributed by atoms with Gasteiger partial charge in [0.25, 0.3) is 0 Å². The summed E-state index contributed by atoms with van der Waals surface area (Å²) in [5.41, 5.74) is 6.96. The lowest BCUT2D eigenvalue weighted by Crippen LogP contribution is -2.03. The van der Waals surface area contributed by atoms with Gasteiger partial charge in [0.2, 0.25) is 0 Å². The van der Waals surface area contributed by atoms with Crippen molar-refractivity contribution >= 4 is 0 Å². The molecule has 0 amide bonds. The summed E-state index contributed by atoms with van der Waals surface area (Å²) in [6.45, 7) is 2.06. The summed E-state index contributed by atoms with van der Waals surface area (Å²) in [7, 11) is 0. The number of nitrogens with zero attached hydrogens (tertiary/aromatic N) is 1. The molecule has 2 heteroatoms. The molecular formula is C6H11N2. The summed E-state index contributed by atoms with van der Waals surface area (Å²) in [5, 5.41) is 8.12. The van der Waals surface area contributed by atoms with Gasteiger partial charge in [-0.25, -0.2) is 5.73 Å². The van der Waals surface area contributed by atoms with E-state index in [0.29, 0.717) is 0 Å². The average molecular weight is 111 g/mol. The number of rotatable bonds is 3. The zero-order valence-corrected chi connectivity index (χ0v) is 5.15. The fourth-order valence-electron chi connectivity index (χ4n) is 0.473. The fraction of sp³-hybridized carbons (Fsp3) is 0.833. The SMILES string of the molecule is CCCCC([NH])C#N. The second kappa shape index (κ2) is 4.61. The first-order chi connectivity index (χ1) is 3.81. The Kier molecular flexibility index (Phi) is 4.29. The predicted octanol–water partition coefficient (Wildman–Crippen LogP) is 1.35. The molecule has 0 aliphatic rings. The smallest absolute Gasteiger partial charge is 0.108 e. The van der Waals surface area contributed by atoms with E-state index in [0.717, 1.165) is 19.3 Å². The molecular weight excluding hydrogens is 100 g/mol. The molecule has 0 aliphatic carbocycles. The van der Waals surface area contributed by atoms with E-state index in [9.17, 15) is 0 Å². The van der Waals surface area contributed by atoms with Gasteiger partial charge in [0.1, 0.15) is 6.04 Å². The Morgan fingerprint density at radius 3 is 2.75 bits per heavy atom. The van der Waals surface area contributed by atoms with E-state index in [4.69, 9.17) is 11.0 Å². The summed E-state index contributed by atoms with van der Waals surface area (Å²) >= 11 is 0. The van der Waals surface area contributed by atoms with E-state index in [2.05, 4.69) is 6.92 Å². The number of nitriles is 1. The summed E-state index contributed by atoms with van der Waals surface area (Å²) in [4.78, 5) is 0. The monoisotopic (exact) mass is 111 g/mol. The van der Waals surface area contributed by atoms with Crippen molar-refractivity contribution in [2.45, 2.75) is 32.2 Å². The molecule has 0 saturated carbocycles. The molecule has 0 saturated heterocycles. The molecule has 8 heavy (non-hydrogen) atoms. The summed E-state index contributed by atoms with van der Waals surface area (Å²) in [6.07, 6.45) is 2.81. The van der Waals surface area contributed by atoms with Gasteiger partial charge in [-0.3, -0.25) is 0 Å². The predicted molar refractivity (Wildman–Crippen MR) is 32.0 cm³/mol. The molecule has 1 atom stereocenters. The highest BCUT2D eigenvalue weighted by Gasteiger charge is 1.96. The van der Waals surface area contributed by atoms with E-state index in [1.165, 1.54) is 0 Å². The van der Waals surface area contributed by atoms with Crippen LogP contribution in [0.15, 0.2) is 0 Å². The molecule has 45 valence electrons. The number of hydrogen-bond donors (Lipinski definition) is 0. The second-order valence-corrected chi connectivity index (χ2v) is 1.82. The Morgan fingerprint density at radius 1 is 1.75 bits per heavy atom. The number of nitrogens with one attached hydrogen (secondary N) is 1. The summed E-state index contributed by atoms with van der Waals surface area (Å²) < 4.78 is 0. The molecule has 0 spiro atoms. The third-order valence-electron chi connectivity index (χ3n) is 1.00. The maximum absolute atomic E-state index is 8.12. The van der Waals surface area contributed by atoms with Crippen LogP contribution in [-0.4, -0.2) is 6.04 Å². The van der Waals surface area contributed by atoms with Gasteiger partial charge in [-0.2, -0.15) is 5.26 Å². The molecule has 1 radical (unpaired) electrons. The second-order valence-electron chi connectivity index (χ2n) is 1.82. The normalized spacial score (nSPS) is 12.6. The minimum absolute atomic E-state index is 0.491. The van der Waals surface area contributed by atoms with Gasteiger partial charge in [0, 0.05) is 0 Å². The van der Waals surface area contributed by atoms with Gasteiger partial charge >= 0.3 is 0 Å². The van der Waals surface area contributed by atoms with Gasteiger partial charge in [-0.05, 0) is 6.42 Å². The van der Waals surface area contributed by atoms with Crippen LogP contribution in [0.1, 0.15) is 26.2 Å². The maximum atomic E-state index is 8.12. The average Bonchev–Trinajstić information content (AvgIpc) is 1.83. The van der Waals surface area contributed by atoms with E-state index < -0.39 is 6.04 Å². The Morgan fingerprint density at radius 2 is 2.38 bits per heavy atom. The van der Waals surface area contributed by atoms with Gasteiger partial charge < -0.3 is 0 Å². The third kappa shape index (κ3) is 3.63. The minimum Gasteiger partial charge on any atom is -0.239 e. The summed E-state index contributed by atoms with van der Waals surface area (Å²) in [5.74, 6) is 0. The number of hydrogen-bond acceptors (Lipinski definition) is 1. The zero-order valence-electron chi connectivity index (χ0n) is 5.15. The van der Waals surface area contributed by atoms with Crippen LogP contribution >= 0.6 is 0 Å². The topological polar surface area (TPSA) is 47.6 Å². The highest BCUT2D eigenvalue weighted by Crippen LogP contribution is 1.96. The van der Waals surface area contributed by atoms with Crippen LogP contribution in [0, 0.1) is 11.3 Å². The fourth-order valence-corrected chi connectivity index (χ4v) is 0.473. The lowest BCUT2D eigenvalue weighted by atomic mass is 10.1. The Hall–Kier alpha value is -0.550. The standard InChI is InChI=1S/C6H11N2/c1-2-3-4-6(8)5-7/h6,8H,2-4H2,1H3. The highest BCUT2D eigenvalue weighted by molar-refractivity contribution is 4.84. The van der Waals surface area contributed by atoms with Gasteiger partial charge in [0.05, 0.1) is 6.07 Å². The first kappa shape index (κ1) is 7.45. The van der Waals surface area contributed by atoms with Crippen LogP contribution in [0.5, 0.6) is 0 Å². The van der Waals surface area contributed by atoms with Crippen LogP contribution in [0.3, 0.4) is 0 Å². The maximum Gasteiger partial charge on any atom is 0.108 e. The van der Waals surface area contributed by atoms with Crippen molar-refractivity contribution in [3.05, 3.63) is 0 Å². The molecule has 0 aromatic rings. The van der Waals surface area contributed by atoms with Crippen molar-refractivity contribution in [3.8, 4) is 6.07 Å². The molecule has 0 aromatic carbocycles. The van der Waals surface area contributed by atoms with Crippen LogP contribution in [-0.2, 0) is 0 Å². The van der Waals surface area contributed by atoms with Crippen LogP contribution < -0.4 is 5.73 Å². The van der Waals surface area contributed by atoms with Crippen molar-refractivity contribution < 1.29 is 0 Å². The molecule has 0 heterocycles. The Labute approximate surface area is 50.3 Å². The molecule has 0 fully saturated rings. The van der Waals surface area contributed by atoms with Crippen molar-refractivity contribution in [1.82, 2.24) is 5.73 Å². The molecule has 0 aromatic heterocycles. The number of unbranched alkanes of at least 4 members (excludes halogenated alkanes) is 1. The lowest BCUT2D eigenvalue weighted by Gasteiger charge is -1.95. The van der Waals surface area contributed by atoms with Crippen LogP contribution in [0.2, 0.25) is 0 Å². The third-order valence-corrected chi connectivity index (χ3v) is 1.00. The zero-order chi connectivity index (χ0) is 6.41. The van der Waals surface area contributed by atoms with Crippen molar-refractivity contribution in [2.75, 3.05) is 0 Å². The van der Waals surface area contributed by atoms with Gasteiger partial charge in [0.15, 0.2) is 0 Å². The van der Waals surface area contributed by atoms with Gasteiger partial charge in [-0.15, -0.1) is 0 Å². The lowest BCUT2D eigenvalue weighted by molar-refractivity contribution is 0.651. The molecule has 0 bridgehead atoms. The Bertz CT molecular complexity index is 83.0. The van der Waals surface area contributed by atoms with Crippen LogP contribution in [0.25, 0.3) is 0 Å². The van der Waals surface area contributed by atoms with E-state index in [1.807, 2.05) is 6.07 Å².